The lowest BCUT2D eigenvalue weighted by molar-refractivity contribution is 0.0948. The topological polar surface area (TPSA) is 51.2 Å². The van der Waals surface area contributed by atoms with Crippen LogP contribution in [0.15, 0.2) is 6.07 Å². The van der Waals surface area contributed by atoms with E-state index in [1.807, 2.05) is 20.8 Å². The maximum atomic E-state index is 12.3. The number of nitrogens with zero attached hydrogens (tertiary/aromatic N) is 1. The normalized spacial score (nSPS) is 11.0. The maximum absolute atomic E-state index is 12.3. The summed E-state index contributed by atoms with van der Waals surface area (Å²) in [6.07, 6.45) is 0.833. The summed E-state index contributed by atoms with van der Waals surface area (Å²) in [6, 6.07) is 2.06. The number of rotatable bonds is 6. The molecule has 2 aromatic rings. The van der Waals surface area contributed by atoms with Crippen LogP contribution in [-0.4, -0.2) is 30.6 Å². The summed E-state index contributed by atoms with van der Waals surface area (Å²) < 4.78 is 5.26. The van der Waals surface area contributed by atoms with Gasteiger partial charge in [0.25, 0.3) is 5.91 Å². The minimum Gasteiger partial charge on any atom is -0.382 e. The van der Waals surface area contributed by atoms with Crippen molar-refractivity contribution in [3.8, 4) is 0 Å². The third-order valence-electron chi connectivity index (χ3n) is 3.39. The molecule has 0 bridgehead atoms. The summed E-state index contributed by atoms with van der Waals surface area (Å²) >= 11 is 1.47. The van der Waals surface area contributed by atoms with Crippen LogP contribution in [0.25, 0.3) is 10.2 Å². The van der Waals surface area contributed by atoms with E-state index in [4.69, 9.17) is 4.74 Å². The molecule has 0 aliphatic rings. The van der Waals surface area contributed by atoms with Gasteiger partial charge >= 0.3 is 0 Å². The third-order valence-corrected chi connectivity index (χ3v) is 4.57. The molecule has 0 radical (unpaired) electrons. The molecule has 5 heteroatoms. The summed E-state index contributed by atoms with van der Waals surface area (Å²) in [4.78, 5) is 18.5. The van der Waals surface area contributed by atoms with Crippen molar-refractivity contribution in [3.63, 3.8) is 0 Å². The average molecular weight is 306 g/mol. The van der Waals surface area contributed by atoms with Crippen molar-refractivity contribution in [1.29, 1.82) is 0 Å². The molecule has 0 saturated heterocycles. The first kappa shape index (κ1) is 15.9. The molecule has 0 aromatic carbocycles. The van der Waals surface area contributed by atoms with Crippen molar-refractivity contribution < 1.29 is 9.53 Å². The molecule has 0 fully saturated rings. The maximum Gasteiger partial charge on any atom is 0.261 e. The number of aryl methyl sites for hydroxylation is 3. The van der Waals surface area contributed by atoms with E-state index in [1.165, 1.54) is 16.9 Å². The Hall–Kier alpha value is -1.46. The highest BCUT2D eigenvalue weighted by Gasteiger charge is 2.17. The molecule has 114 valence electrons. The molecule has 0 spiro atoms. The van der Waals surface area contributed by atoms with Crippen LogP contribution >= 0.6 is 11.3 Å². The van der Waals surface area contributed by atoms with Gasteiger partial charge in [0.15, 0.2) is 0 Å². The molecular weight excluding hydrogens is 284 g/mol. The van der Waals surface area contributed by atoms with Gasteiger partial charge in [-0.25, -0.2) is 4.98 Å². The van der Waals surface area contributed by atoms with Crippen LogP contribution in [0, 0.1) is 20.8 Å². The second-order valence-corrected chi connectivity index (χ2v) is 6.12. The molecule has 0 saturated carbocycles. The van der Waals surface area contributed by atoms with Crippen molar-refractivity contribution in [1.82, 2.24) is 10.3 Å². The van der Waals surface area contributed by atoms with E-state index in [0.717, 1.165) is 32.8 Å². The molecule has 2 rings (SSSR count). The molecule has 21 heavy (non-hydrogen) atoms. The Kier molecular flexibility index (Phi) is 5.31. The molecule has 4 nitrogen and oxygen atoms in total. The van der Waals surface area contributed by atoms with E-state index in [-0.39, 0.29) is 5.91 Å². The van der Waals surface area contributed by atoms with Crippen LogP contribution in [0.3, 0.4) is 0 Å². The third kappa shape index (κ3) is 3.60. The zero-order chi connectivity index (χ0) is 15.4. The van der Waals surface area contributed by atoms with Crippen LogP contribution in [0.5, 0.6) is 0 Å². The van der Waals surface area contributed by atoms with Gasteiger partial charge in [-0.1, -0.05) is 0 Å². The van der Waals surface area contributed by atoms with Crippen molar-refractivity contribution >= 4 is 27.5 Å². The zero-order valence-electron chi connectivity index (χ0n) is 13.1. The molecular formula is C16H22N2O2S. The average Bonchev–Trinajstić information content (AvgIpc) is 2.75. The zero-order valence-corrected chi connectivity index (χ0v) is 13.9. The number of pyridine rings is 1. The minimum atomic E-state index is -0.0101. The lowest BCUT2D eigenvalue weighted by Gasteiger charge is -2.04. The molecule has 1 amide bonds. The highest BCUT2D eigenvalue weighted by atomic mass is 32.1. The van der Waals surface area contributed by atoms with Crippen LogP contribution in [-0.2, 0) is 4.74 Å². The predicted molar refractivity (Wildman–Crippen MR) is 87.3 cm³/mol. The smallest absolute Gasteiger partial charge is 0.261 e. The first-order chi connectivity index (χ1) is 10.0. The van der Waals surface area contributed by atoms with Crippen LogP contribution < -0.4 is 5.32 Å². The predicted octanol–water partition coefficient (Wildman–Crippen LogP) is 3.38. The van der Waals surface area contributed by atoms with Gasteiger partial charge in [-0.05, 0) is 51.3 Å². The number of carbonyl (C=O) groups is 1. The summed E-state index contributed by atoms with van der Waals surface area (Å²) in [5.74, 6) is -0.0101. The lowest BCUT2D eigenvalue weighted by atomic mass is 10.1. The van der Waals surface area contributed by atoms with Crippen LogP contribution in [0.4, 0.5) is 0 Å². The van der Waals surface area contributed by atoms with Crippen LogP contribution in [0.2, 0.25) is 0 Å². The fourth-order valence-electron chi connectivity index (χ4n) is 2.44. The number of nitrogens with one attached hydrogen (secondary N) is 1. The highest BCUT2D eigenvalue weighted by Crippen LogP contribution is 2.32. The van der Waals surface area contributed by atoms with E-state index in [0.29, 0.717) is 19.8 Å². The van der Waals surface area contributed by atoms with E-state index in [9.17, 15) is 4.79 Å². The standard InChI is InChI=1S/C16H22N2O2S/c1-5-20-8-6-7-17-15(19)14-12(4)13-10(2)9-11(3)18-16(13)21-14/h9H,5-8H2,1-4H3,(H,17,19). The highest BCUT2D eigenvalue weighted by molar-refractivity contribution is 7.20. The number of hydrogen-bond acceptors (Lipinski definition) is 4. The Labute approximate surface area is 129 Å². The van der Waals surface area contributed by atoms with Gasteiger partial charge in [0.2, 0.25) is 0 Å². The van der Waals surface area contributed by atoms with Gasteiger partial charge in [0.05, 0.1) is 4.88 Å². The number of hydrogen-bond donors (Lipinski definition) is 1. The minimum absolute atomic E-state index is 0.0101. The monoisotopic (exact) mass is 306 g/mol. The van der Waals surface area contributed by atoms with Gasteiger partial charge in [-0.2, -0.15) is 0 Å². The number of aromatic nitrogens is 1. The summed E-state index contributed by atoms with van der Waals surface area (Å²) in [5, 5.41) is 4.07. The molecule has 0 atom stereocenters. The number of carbonyl (C=O) groups excluding carboxylic acids is 1. The number of fused-ring (bicyclic) bond motifs is 1. The first-order valence-corrected chi connectivity index (χ1v) is 8.09. The van der Waals surface area contributed by atoms with E-state index in [2.05, 4.69) is 23.3 Å². The second kappa shape index (κ2) is 7.00. The molecule has 0 aliphatic heterocycles. The Morgan fingerprint density at radius 2 is 2.14 bits per heavy atom. The quantitative estimate of drug-likeness (QED) is 0.832. The Bertz CT molecular complexity index is 649. The Balaban J connectivity index is 2.13. The van der Waals surface area contributed by atoms with Gasteiger partial charge in [-0.3, -0.25) is 4.79 Å². The molecule has 0 aliphatic carbocycles. The van der Waals surface area contributed by atoms with Crippen molar-refractivity contribution in [2.75, 3.05) is 19.8 Å². The Morgan fingerprint density at radius 3 is 2.86 bits per heavy atom. The molecule has 2 heterocycles. The molecule has 2 aromatic heterocycles. The van der Waals surface area contributed by atoms with Gasteiger partial charge in [0.1, 0.15) is 4.83 Å². The van der Waals surface area contributed by atoms with Crippen LogP contribution in [0.1, 0.15) is 39.8 Å². The van der Waals surface area contributed by atoms with E-state index in [1.54, 1.807) is 0 Å². The van der Waals surface area contributed by atoms with Gasteiger partial charge < -0.3 is 10.1 Å². The number of amides is 1. The molecule has 0 unspecified atom stereocenters. The fourth-order valence-corrected chi connectivity index (χ4v) is 3.66. The van der Waals surface area contributed by atoms with Crippen molar-refractivity contribution in [2.24, 2.45) is 0 Å². The summed E-state index contributed by atoms with van der Waals surface area (Å²) in [7, 11) is 0. The summed E-state index contributed by atoms with van der Waals surface area (Å²) in [6.45, 7) is 10.1. The first-order valence-electron chi connectivity index (χ1n) is 7.27. The van der Waals surface area contributed by atoms with Gasteiger partial charge in [-0.15, -0.1) is 11.3 Å². The Morgan fingerprint density at radius 1 is 1.38 bits per heavy atom. The SMILES string of the molecule is CCOCCCNC(=O)c1sc2nc(C)cc(C)c2c1C. The van der Waals surface area contributed by atoms with Gasteiger partial charge in [0, 0.05) is 30.8 Å². The number of ether oxygens (including phenoxy) is 1. The van der Waals surface area contributed by atoms with Crippen molar-refractivity contribution in [2.45, 2.75) is 34.1 Å². The fraction of sp³-hybridized carbons (Fsp3) is 0.500. The lowest BCUT2D eigenvalue weighted by Crippen LogP contribution is -2.25. The summed E-state index contributed by atoms with van der Waals surface area (Å²) in [5.41, 5.74) is 3.20. The van der Waals surface area contributed by atoms with E-state index < -0.39 is 0 Å². The largest absolute Gasteiger partial charge is 0.382 e. The van der Waals surface area contributed by atoms with E-state index >= 15 is 0 Å². The van der Waals surface area contributed by atoms with Crippen molar-refractivity contribution in [3.05, 3.63) is 27.8 Å². The molecule has 1 N–H and O–H groups in total. The second-order valence-electron chi connectivity index (χ2n) is 5.12. The number of thiophene rings is 1.